The topological polar surface area (TPSA) is 140 Å². The van der Waals surface area contributed by atoms with Gasteiger partial charge in [0.15, 0.2) is 22.9 Å². The Morgan fingerprint density at radius 1 is 0.643 bits per heavy atom. The van der Waals surface area contributed by atoms with E-state index >= 15 is 0 Å². The van der Waals surface area contributed by atoms with Crippen LogP contribution in [0.5, 0.6) is 0 Å². The molecule has 0 radical (unpaired) electrons. The molecular formula is C40H46ClN11O2S2. The molecule has 2 atom stereocenters. The average Bonchev–Trinajstić information content (AvgIpc) is 4.02. The molecule has 0 bridgehead atoms. The van der Waals surface area contributed by atoms with Crippen LogP contribution in [0.15, 0.2) is 83.8 Å². The van der Waals surface area contributed by atoms with Crippen molar-refractivity contribution in [1.82, 2.24) is 53.2 Å². The van der Waals surface area contributed by atoms with Crippen LogP contribution in [-0.4, -0.2) is 102 Å². The minimum absolute atomic E-state index is 0.194. The van der Waals surface area contributed by atoms with E-state index in [9.17, 15) is 10.2 Å². The fraction of sp³-hybridized carbons (Fsp3) is 0.350. The summed E-state index contributed by atoms with van der Waals surface area (Å²) in [5, 5.41) is 33.7. The first-order chi connectivity index (χ1) is 27.1. The largest absolute Gasteiger partial charge is 0.390 e. The van der Waals surface area contributed by atoms with E-state index in [-0.39, 0.29) is 5.88 Å². The molecule has 0 saturated carbocycles. The predicted octanol–water partition coefficient (Wildman–Crippen LogP) is 6.02. The second kappa shape index (κ2) is 18.0. The van der Waals surface area contributed by atoms with Crippen LogP contribution in [0.2, 0.25) is 0 Å². The maximum absolute atomic E-state index is 10.4. The molecule has 0 saturated heterocycles. The van der Waals surface area contributed by atoms with E-state index in [4.69, 9.17) is 21.6 Å². The maximum atomic E-state index is 10.4. The summed E-state index contributed by atoms with van der Waals surface area (Å²) in [6, 6.07) is 20.1. The van der Waals surface area contributed by atoms with Gasteiger partial charge in [0.25, 0.3) is 0 Å². The van der Waals surface area contributed by atoms with Gasteiger partial charge in [-0.2, -0.15) is 10.2 Å². The fourth-order valence-electron chi connectivity index (χ4n) is 6.51. The van der Waals surface area contributed by atoms with E-state index in [2.05, 4.69) is 36.2 Å². The van der Waals surface area contributed by atoms with Gasteiger partial charge in [0, 0.05) is 56.0 Å². The Labute approximate surface area is 338 Å². The molecule has 0 aliphatic rings. The number of hydrogen-bond acceptors (Lipinski definition) is 11. The van der Waals surface area contributed by atoms with E-state index in [1.54, 1.807) is 22.7 Å². The van der Waals surface area contributed by atoms with Gasteiger partial charge in [0.1, 0.15) is 11.6 Å². The summed E-state index contributed by atoms with van der Waals surface area (Å²) in [6.07, 6.45) is 5.76. The summed E-state index contributed by atoms with van der Waals surface area (Å²) >= 11 is 9.11. The number of likely N-dealkylation sites (N-methyl/N-ethyl adjacent to an activating group) is 1. The van der Waals surface area contributed by atoms with Gasteiger partial charge in [-0.25, -0.2) is 29.0 Å². The first kappa shape index (κ1) is 39.5. The molecule has 8 aromatic rings. The number of aliphatic hydroxyl groups excluding tert-OH is 2. The smallest absolute Gasteiger partial charge is 0.155 e. The highest BCUT2D eigenvalue weighted by atomic mass is 35.5. The summed E-state index contributed by atoms with van der Waals surface area (Å²) in [7, 11) is 3.93. The van der Waals surface area contributed by atoms with Crippen LogP contribution in [-0.2, 0) is 38.8 Å². The molecule has 0 aliphatic carbocycles. The van der Waals surface area contributed by atoms with E-state index in [0.717, 1.165) is 73.5 Å². The number of rotatable bonds is 15. The molecule has 0 aliphatic heterocycles. The van der Waals surface area contributed by atoms with Gasteiger partial charge < -0.3 is 24.2 Å². The molecule has 8 aromatic heterocycles. The predicted molar refractivity (Wildman–Crippen MR) is 223 cm³/mol. The highest BCUT2D eigenvalue weighted by Gasteiger charge is 2.17. The number of fused-ring (bicyclic) bond motifs is 2. The number of nitrogens with zero attached hydrogens (tertiary/aromatic N) is 11. The summed E-state index contributed by atoms with van der Waals surface area (Å²) in [4.78, 5) is 23.1. The van der Waals surface area contributed by atoms with Crippen molar-refractivity contribution in [3.8, 4) is 21.1 Å². The molecule has 0 amide bonds. The van der Waals surface area contributed by atoms with Crippen molar-refractivity contribution in [2.24, 2.45) is 0 Å². The SMILES string of the molecule is Cc1cccc2nc(CCc3nc(-c4cccs4)cn3C[C@@H](O)CCl)nn12.Cc1cccc2nc(CCc3nc(-c4cccs4)cn3C[C@@H](O)CN(C)C)nn12. The highest BCUT2D eigenvalue weighted by molar-refractivity contribution is 7.13. The Morgan fingerprint density at radius 3 is 1.54 bits per heavy atom. The lowest BCUT2D eigenvalue weighted by Gasteiger charge is -2.17. The molecule has 56 heavy (non-hydrogen) atoms. The number of aromatic nitrogens is 10. The third-order valence-corrected chi connectivity index (χ3v) is 11.3. The van der Waals surface area contributed by atoms with Crippen LogP contribution in [0.4, 0.5) is 0 Å². The second-order valence-corrected chi connectivity index (χ2v) is 16.2. The fourth-order valence-corrected chi connectivity index (χ4v) is 7.97. The van der Waals surface area contributed by atoms with Gasteiger partial charge >= 0.3 is 0 Å². The molecule has 8 heterocycles. The minimum atomic E-state index is -0.605. The van der Waals surface area contributed by atoms with E-state index in [1.807, 2.05) is 119 Å². The van der Waals surface area contributed by atoms with E-state index in [0.29, 0.717) is 38.9 Å². The Balaban J connectivity index is 0.000000172. The molecule has 0 unspecified atom stereocenters. The van der Waals surface area contributed by atoms with Gasteiger partial charge in [-0.15, -0.1) is 34.3 Å². The zero-order valence-electron chi connectivity index (χ0n) is 31.9. The Bertz CT molecular complexity index is 2470. The number of thiophene rings is 2. The molecule has 8 rings (SSSR count). The van der Waals surface area contributed by atoms with Gasteiger partial charge in [-0.3, -0.25) is 0 Å². The maximum Gasteiger partial charge on any atom is 0.155 e. The van der Waals surface area contributed by atoms with Crippen molar-refractivity contribution >= 4 is 45.6 Å². The first-order valence-corrected chi connectivity index (χ1v) is 20.8. The van der Waals surface area contributed by atoms with Gasteiger partial charge in [-0.05, 0) is 75.1 Å². The van der Waals surface area contributed by atoms with Crippen LogP contribution in [0.1, 0.15) is 34.7 Å². The van der Waals surface area contributed by atoms with Crippen molar-refractivity contribution in [2.45, 2.75) is 64.8 Å². The molecule has 13 nitrogen and oxygen atoms in total. The normalized spacial score (nSPS) is 12.8. The lowest BCUT2D eigenvalue weighted by Crippen LogP contribution is -2.29. The number of imidazole rings is 2. The molecule has 0 fully saturated rings. The molecule has 0 aromatic carbocycles. The summed E-state index contributed by atoms with van der Waals surface area (Å²) in [6.45, 7) is 5.59. The van der Waals surface area contributed by atoms with Gasteiger partial charge in [0.05, 0.1) is 52.3 Å². The summed E-state index contributed by atoms with van der Waals surface area (Å²) in [5.74, 6) is 3.63. The molecule has 292 valence electrons. The lowest BCUT2D eigenvalue weighted by atomic mass is 10.2. The number of hydrogen-bond donors (Lipinski definition) is 2. The molecular weight excluding hydrogens is 766 g/mol. The highest BCUT2D eigenvalue weighted by Crippen LogP contribution is 2.26. The second-order valence-electron chi connectivity index (χ2n) is 14.0. The van der Waals surface area contributed by atoms with Crippen LogP contribution in [0.25, 0.3) is 32.4 Å². The first-order valence-electron chi connectivity index (χ1n) is 18.5. The van der Waals surface area contributed by atoms with Crippen LogP contribution >= 0.6 is 34.3 Å². The van der Waals surface area contributed by atoms with Crippen molar-refractivity contribution in [2.75, 3.05) is 26.5 Å². The monoisotopic (exact) mass is 811 g/mol. The average molecular weight is 812 g/mol. The van der Waals surface area contributed by atoms with Gasteiger partial charge in [0.2, 0.25) is 0 Å². The Kier molecular flexibility index (Phi) is 12.7. The summed E-state index contributed by atoms with van der Waals surface area (Å²) < 4.78 is 7.79. The number of halogens is 1. The van der Waals surface area contributed by atoms with Crippen molar-refractivity contribution < 1.29 is 10.2 Å². The zero-order valence-corrected chi connectivity index (χ0v) is 34.3. The Morgan fingerprint density at radius 2 is 1.12 bits per heavy atom. The minimum Gasteiger partial charge on any atom is -0.390 e. The van der Waals surface area contributed by atoms with Crippen molar-refractivity contribution in [3.63, 3.8) is 0 Å². The molecule has 16 heteroatoms. The number of aliphatic hydroxyl groups is 2. The zero-order chi connectivity index (χ0) is 39.2. The van der Waals surface area contributed by atoms with Crippen LogP contribution in [0, 0.1) is 13.8 Å². The standard InChI is InChI=1S/C21H26N6OS.C19H20ClN5OS/c1-15-6-4-8-21-23-19(24-27(15)21)9-10-20-22-17(18-7-5-11-29-18)14-26(20)13-16(28)12-25(2)3;1-13-4-2-6-19-22-17(23-25(13)19)7-8-18-21-15(16-5-3-9-27-16)12-24(18)11-14(26)10-20/h4-8,11,14,16,28H,9-10,12-13H2,1-3H3;2-6,9,12,14,26H,7-8,10-11H2,1H3/t16-;14-/m00/s1. The molecule has 0 spiro atoms. The molecule has 2 N–H and O–H groups in total. The number of aryl methyl sites for hydroxylation is 6. The van der Waals surface area contributed by atoms with Crippen LogP contribution in [0.3, 0.4) is 0 Å². The third-order valence-electron chi connectivity index (χ3n) is 9.16. The van der Waals surface area contributed by atoms with E-state index in [1.165, 1.54) is 0 Å². The van der Waals surface area contributed by atoms with Crippen LogP contribution < -0.4 is 0 Å². The number of pyridine rings is 2. The number of alkyl halides is 1. The van der Waals surface area contributed by atoms with E-state index < -0.39 is 12.2 Å². The van der Waals surface area contributed by atoms with Gasteiger partial charge in [-0.1, -0.05) is 24.3 Å². The third kappa shape index (κ3) is 9.60. The lowest BCUT2D eigenvalue weighted by molar-refractivity contribution is 0.118. The van der Waals surface area contributed by atoms with Crippen molar-refractivity contribution in [1.29, 1.82) is 0 Å². The quantitative estimate of drug-likeness (QED) is 0.119. The van der Waals surface area contributed by atoms with Crippen molar-refractivity contribution in [3.05, 3.63) is 119 Å². The Hall–Kier alpha value is -4.77. The summed E-state index contributed by atoms with van der Waals surface area (Å²) in [5.41, 5.74) is 5.70.